The lowest BCUT2D eigenvalue weighted by Gasteiger charge is -2.15. The molecule has 4 rings (SSSR count). The average Bonchev–Trinajstić information content (AvgIpc) is 3.29. The summed E-state index contributed by atoms with van der Waals surface area (Å²) in [5.74, 6) is -0.863. The largest absolute Gasteiger partial charge is 0.325 e. The normalized spacial score (nSPS) is 15.0. The Hall–Kier alpha value is -3.10. The molecule has 28 heavy (non-hydrogen) atoms. The quantitative estimate of drug-likeness (QED) is 0.746. The van der Waals surface area contributed by atoms with Gasteiger partial charge in [0.1, 0.15) is 23.5 Å². The van der Waals surface area contributed by atoms with E-state index in [9.17, 15) is 13.6 Å². The van der Waals surface area contributed by atoms with Crippen molar-refractivity contribution in [2.24, 2.45) is 0 Å². The fourth-order valence-corrected chi connectivity index (χ4v) is 3.37. The number of nitrogens with one attached hydrogen (secondary N) is 1. The fraction of sp³-hybridized carbons (Fsp3) is 0.368. The lowest BCUT2D eigenvalue weighted by Crippen LogP contribution is -2.23. The minimum Gasteiger partial charge on any atom is -0.325 e. The zero-order valence-electron chi connectivity index (χ0n) is 15.4. The first kappa shape index (κ1) is 18.3. The summed E-state index contributed by atoms with van der Waals surface area (Å²) in [7, 11) is 0. The number of hydrogen-bond acceptors (Lipinski definition) is 4. The van der Waals surface area contributed by atoms with Crippen molar-refractivity contribution in [1.82, 2.24) is 24.3 Å². The summed E-state index contributed by atoms with van der Waals surface area (Å²) >= 11 is 0. The second-order valence-electron chi connectivity index (χ2n) is 6.89. The first-order valence-electron chi connectivity index (χ1n) is 9.24. The molecule has 3 aromatic rings. The Bertz CT molecular complexity index is 998. The molecule has 0 saturated heterocycles. The molecule has 1 amide bonds. The van der Waals surface area contributed by atoms with Gasteiger partial charge in [-0.1, -0.05) is 6.42 Å². The molecule has 0 saturated carbocycles. The number of carbonyl (C=O) groups excluding carboxylic acids is 1. The van der Waals surface area contributed by atoms with Gasteiger partial charge in [-0.2, -0.15) is 0 Å². The Balaban J connectivity index is 1.66. The number of rotatable bonds is 4. The molecule has 0 bridgehead atoms. The molecule has 1 N–H and O–H groups in total. The third kappa shape index (κ3) is 3.39. The van der Waals surface area contributed by atoms with Gasteiger partial charge >= 0.3 is 0 Å². The summed E-state index contributed by atoms with van der Waals surface area (Å²) in [5, 5.41) is 10.8. The number of aryl methyl sites for hydroxylation is 1. The van der Waals surface area contributed by atoms with Crippen molar-refractivity contribution >= 4 is 11.6 Å². The van der Waals surface area contributed by atoms with Crippen molar-refractivity contribution in [2.45, 2.75) is 45.2 Å². The summed E-state index contributed by atoms with van der Waals surface area (Å²) in [6, 6.07) is 1.45. The fourth-order valence-electron chi connectivity index (χ4n) is 3.37. The van der Waals surface area contributed by atoms with Crippen LogP contribution in [0.3, 0.4) is 0 Å². The highest BCUT2D eigenvalue weighted by atomic mass is 19.1. The molecule has 1 aromatic carbocycles. The van der Waals surface area contributed by atoms with Gasteiger partial charge < -0.3 is 14.5 Å². The molecule has 1 atom stereocenters. The maximum atomic E-state index is 14.5. The summed E-state index contributed by atoms with van der Waals surface area (Å²) in [6.45, 7) is 2.35. The van der Waals surface area contributed by atoms with E-state index in [0.717, 1.165) is 37.6 Å². The van der Waals surface area contributed by atoms with Crippen LogP contribution >= 0.6 is 0 Å². The number of imidazole rings is 1. The van der Waals surface area contributed by atoms with Crippen molar-refractivity contribution in [2.75, 3.05) is 5.32 Å². The number of fused-ring (bicyclic) bond motifs is 1. The molecular formula is C19H20F2N6O. The van der Waals surface area contributed by atoms with Crippen LogP contribution in [-0.4, -0.2) is 30.2 Å². The van der Waals surface area contributed by atoms with Crippen LogP contribution in [0.1, 0.15) is 38.1 Å². The van der Waals surface area contributed by atoms with Crippen LogP contribution in [0.2, 0.25) is 0 Å². The second kappa shape index (κ2) is 7.49. The zero-order chi connectivity index (χ0) is 19.7. The van der Waals surface area contributed by atoms with Crippen LogP contribution in [0, 0.1) is 11.6 Å². The van der Waals surface area contributed by atoms with Gasteiger partial charge in [0, 0.05) is 31.4 Å². The number of anilines is 1. The van der Waals surface area contributed by atoms with Gasteiger partial charge in [-0.3, -0.25) is 4.79 Å². The van der Waals surface area contributed by atoms with Crippen LogP contribution in [0.25, 0.3) is 11.4 Å². The molecule has 1 unspecified atom stereocenters. The van der Waals surface area contributed by atoms with E-state index in [1.165, 1.54) is 12.4 Å². The first-order chi connectivity index (χ1) is 13.5. The number of carbonyl (C=O) groups is 1. The Morgan fingerprint density at radius 1 is 1.18 bits per heavy atom. The van der Waals surface area contributed by atoms with E-state index in [2.05, 4.69) is 20.5 Å². The Morgan fingerprint density at radius 2 is 2.04 bits per heavy atom. The van der Waals surface area contributed by atoms with Crippen LogP contribution in [-0.2, 0) is 17.8 Å². The lowest BCUT2D eigenvalue weighted by molar-refractivity contribution is -0.118. The van der Waals surface area contributed by atoms with Gasteiger partial charge in [0.15, 0.2) is 5.82 Å². The van der Waals surface area contributed by atoms with Crippen LogP contribution in [0.4, 0.5) is 14.5 Å². The predicted molar refractivity (Wildman–Crippen MR) is 98.5 cm³/mol. The summed E-state index contributed by atoms with van der Waals surface area (Å²) in [4.78, 5) is 16.4. The highest BCUT2D eigenvalue weighted by Crippen LogP contribution is 2.29. The topological polar surface area (TPSA) is 77.6 Å². The number of halogens is 2. The van der Waals surface area contributed by atoms with E-state index in [-0.39, 0.29) is 11.3 Å². The molecular weight excluding hydrogens is 366 g/mol. The number of aromatic nitrogens is 5. The molecule has 146 valence electrons. The summed E-state index contributed by atoms with van der Waals surface area (Å²) in [6.07, 6.45) is 8.51. The van der Waals surface area contributed by atoms with E-state index in [4.69, 9.17) is 0 Å². The average molecular weight is 386 g/mol. The van der Waals surface area contributed by atoms with E-state index in [1.54, 1.807) is 23.9 Å². The number of hydrogen-bond donors (Lipinski definition) is 1. The van der Waals surface area contributed by atoms with Gasteiger partial charge in [-0.15, -0.1) is 10.2 Å². The van der Waals surface area contributed by atoms with Crippen LogP contribution in [0.5, 0.6) is 0 Å². The van der Waals surface area contributed by atoms with Crippen molar-refractivity contribution in [1.29, 1.82) is 0 Å². The molecule has 1 aliphatic heterocycles. The Morgan fingerprint density at radius 3 is 2.82 bits per heavy atom. The third-order valence-corrected chi connectivity index (χ3v) is 5.02. The minimum absolute atomic E-state index is 0.0978. The molecule has 7 nitrogen and oxygen atoms in total. The standard InChI is InChI=1S/C19H20F2N6O/c1-12(26-8-6-22-11-26)19(28)23-16-9-13(14(20)10-15(16)21)18-25-24-17-5-3-2-4-7-27(17)18/h6,8-12H,2-5,7H2,1H3,(H,23,28). The van der Waals surface area contributed by atoms with E-state index >= 15 is 0 Å². The highest BCUT2D eigenvalue weighted by Gasteiger charge is 2.22. The van der Waals surface area contributed by atoms with E-state index in [0.29, 0.717) is 12.4 Å². The van der Waals surface area contributed by atoms with Crippen molar-refractivity contribution in [3.63, 3.8) is 0 Å². The molecule has 3 heterocycles. The van der Waals surface area contributed by atoms with Gasteiger partial charge in [-0.05, 0) is 25.8 Å². The van der Waals surface area contributed by atoms with E-state index < -0.39 is 23.6 Å². The number of amides is 1. The molecule has 0 aliphatic carbocycles. The Kier molecular flexibility index (Phi) is 4.89. The molecule has 1 aliphatic rings. The summed E-state index contributed by atoms with van der Waals surface area (Å²) < 4.78 is 32.3. The molecule has 0 spiro atoms. The van der Waals surface area contributed by atoms with Gasteiger partial charge in [0.25, 0.3) is 0 Å². The SMILES string of the molecule is CC(C(=O)Nc1cc(-c2nnc3n2CCCCC3)c(F)cc1F)n1ccnc1. The molecule has 0 fully saturated rings. The van der Waals surface area contributed by atoms with Crippen molar-refractivity contribution in [3.05, 3.63) is 48.3 Å². The van der Waals surface area contributed by atoms with Gasteiger partial charge in [0.2, 0.25) is 5.91 Å². The predicted octanol–water partition coefficient (Wildman–Crippen LogP) is 3.35. The Labute approximate surface area is 160 Å². The van der Waals surface area contributed by atoms with Gasteiger partial charge in [-0.25, -0.2) is 13.8 Å². The number of benzene rings is 1. The van der Waals surface area contributed by atoms with Crippen LogP contribution < -0.4 is 5.32 Å². The van der Waals surface area contributed by atoms with Crippen molar-refractivity contribution < 1.29 is 13.6 Å². The number of nitrogens with zero attached hydrogens (tertiary/aromatic N) is 5. The summed E-state index contributed by atoms with van der Waals surface area (Å²) in [5.41, 5.74) is 0.0203. The first-order valence-corrected chi connectivity index (χ1v) is 9.24. The van der Waals surface area contributed by atoms with E-state index in [1.807, 2.05) is 4.57 Å². The minimum atomic E-state index is -0.844. The highest BCUT2D eigenvalue weighted by molar-refractivity contribution is 5.94. The van der Waals surface area contributed by atoms with Crippen LogP contribution in [0.15, 0.2) is 30.9 Å². The molecule has 9 heteroatoms. The lowest BCUT2D eigenvalue weighted by atomic mass is 10.1. The molecule has 2 aromatic heterocycles. The smallest absolute Gasteiger partial charge is 0.247 e. The zero-order valence-corrected chi connectivity index (χ0v) is 15.4. The maximum absolute atomic E-state index is 14.5. The molecule has 0 radical (unpaired) electrons. The monoisotopic (exact) mass is 386 g/mol. The third-order valence-electron chi connectivity index (χ3n) is 5.02. The second-order valence-corrected chi connectivity index (χ2v) is 6.89. The van der Waals surface area contributed by atoms with Crippen molar-refractivity contribution in [3.8, 4) is 11.4 Å². The maximum Gasteiger partial charge on any atom is 0.247 e. The van der Waals surface area contributed by atoms with Gasteiger partial charge in [0.05, 0.1) is 17.6 Å².